The molecule has 188 valence electrons. The molecule has 5 aromatic rings. The zero-order valence-corrected chi connectivity index (χ0v) is 19.8. The highest BCUT2D eigenvalue weighted by molar-refractivity contribution is 6.08. The number of amides is 1. The number of anilines is 1. The number of benzene rings is 2. The van der Waals surface area contributed by atoms with Crippen LogP contribution in [0.25, 0.3) is 16.9 Å². The zero-order chi connectivity index (χ0) is 26.2. The van der Waals surface area contributed by atoms with E-state index in [9.17, 15) is 18.0 Å². The molecule has 0 aliphatic carbocycles. The maximum atomic E-state index is 13.9. The largest absolute Gasteiger partial charge is 0.497 e. The number of nitrogens with zero attached hydrogens (tertiary/aromatic N) is 5. The van der Waals surface area contributed by atoms with Crippen molar-refractivity contribution in [1.29, 1.82) is 0 Å². The van der Waals surface area contributed by atoms with Crippen molar-refractivity contribution in [1.82, 2.24) is 24.4 Å². The second kappa shape index (κ2) is 9.41. The number of hydrogen-bond donors (Lipinski definition) is 1. The summed E-state index contributed by atoms with van der Waals surface area (Å²) in [6.45, 7) is 2.49. The molecule has 0 atom stereocenters. The summed E-state index contributed by atoms with van der Waals surface area (Å²) in [6.07, 6.45) is -0.541. The molecule has 37 heavy (non-hydrogen) atoms. The van der Waals surface area contributed by atoms with Crippen LogP contribution >= 0.6 is 0 Å². The van der Waals surface area contributed by atoms with Gasteiger partial charge in [0.05, 0.1) is 37.4 Å². The molecule has 0 saturated carbocycles. The number of hydrogen-bond acceptors (Lipinski definition) is 5. The van der Waals surface area contributed by atoms with E-state index in [1.54, 1.807) is 35.1 Å². The lowest BCUT2D eigenvalue weighted by atomic mass is 10.1. The molecule has 0 aliphatic heterocycles. The number of carbonyl (C=O) groups excluding carboxylic acids is 1. The molecule has 11 heteroatoms. The number of ether oxygens (including phenoxy) is 1. The van der Waals surface area contributed by atoms with Gasteiger partial charge in [-0.15, -0.1) is 0 Å². The second-order valence-electron chi connectivity index (χ2n) is 8.42. The Hall–Kier alpha value is -4.67. The Morgan fingerprint density at radius 3 is 2.54 bits per heavy atom. The number of rotatable bonds is 6. The third-order valence-corrected chi connectivity index (χ3v) is 5.71. The van der Waals surface area contributed by atoms with Crippen molar-refractivity contribution >= 4 is 17.2 Å². The maximum absolute atomic E-state index is 13.9. The van der Waals surface area contributed by atoms with Crippen LogP contribution in [-0.4, -0.2) is 37.4 Å². The first-order chi connectivity index (χ1) is 17.7. The number of carbonyl (C=O) groups is 1. The van der Waals surface area contributed by atoms with Crippen LogP contribution in [0.4, 0.5) is 18.9 Å². The Kier molecular flexibility index (Phi) is 6.12. The van der Waals surface area contributed by atoms with E-state index in [4.69, 9.17) is 4.74 Å². The minimum Gasteiger partial charge on any atom is -0.497 e. The van der Waals surface area contributed by atoms with Crippen LogP contribution in [-0.2, 0) is 12.7 Å². The van der Waals surface area contributed by atoms with Crippen molar-refractivity contribution in [2.75, 3.05) is 12.4 Å². The number of fused-ring (bicyclic) bond motifs is 1. The van der Waals surface area contributed by atoms with E-state index in [-0.39, 0.29) is 16.9 Å². The van der Waals surface area contributed by atoms with Crippen LogP contribution in [0.2, 0.25) is 0 Å². The molecule has 3 aromatic heterocycles. The smallest absolute Gasteiger partial charge is 0.433 e. The fourth-order valence-electron chi connectivity index (χ4n) is 3.95. The number of halogens is 3. The molecule has 2 aromatic carbocycles. The highest BCUT2D eigenvalue weighted by atomic mass is 19.4. The Labute approximate surface area is 209 Å². The normalized spacial score (nSPS) is 11.6. The van der Waals surface area contributed by atoms with Crippen LogP contribution < -0.4 is 10.1 Å². The molecular formula is C26H21F3N6O2. The lowest BCUT2D eigenvalue weighted by Gasteiger charge is -2.12. The lowest BCUT2D eigenvalue weighted by Crippen LogP contribution is -2.15. The molecule has 0 spiro atoms. The predicted octanol–water partition coefficient (Wildman–Crippen LogP) is 5.23. The number of alkyl halides is 3. The molecule has 0 aliphatic rings. The molecule has 0 saturated heterocycles. The number of aromatic nitrogens is 5. The first kappa shape index (κ1) is 24.0. The summed E-state index contributed by atoms with van der Waals surface area (Å²) in [5, 5.41) is 10.7. The van der Waals surface area contributed by atoms with Crippen molar-refractivity contribution < 1.29 is 22.7 Å². The van der Waals surface area contributed by atoms with Crippen molar-refractivity contribution in [2.45, 2.75) is 19.6 Å². The summed E-state index contributed by atoms with van der Waals surface area (Å²) >= 11 is 0. The van der Waals surface area contributed by atoms with Gasteiger partial charge in [0.2, 0.25) is 0 Å². The van der Waals surface area contributed by atoms with Gasteiger partial charge in [-0.2, -0.15) is 23.4 Å². The number of nitrogens with one attached hydrogen (secondary N) is 1. The molecule has 0 bridgehead atoms. The van der Waals surface area contributed by atoms with Gasteiger partial charge >= 0.3 is 6.18 Å². The molecule has 3 heterocycles. The lowest BCUT2D eigenvalue weighted by molar-refractivity contribution is -0.142. The van der Waals surface area contributed by atoms with Gasteiger partial charge < -0.3 is 10.1 Å². The van der Waals surface area contributed by atoms with Crippen LogP contribution in [0.5, 0.6) is 5.75 Å². The van der Waals surface area contributed by atoms with Gasteiger partial charge in [-0.25, -0.2) is 9.50 Å². The van der Waals surface area contributed by atoms with E-state index >= 15 is 0 Å². The topological polar surface area (TPSA) is 86.3 Å². The highest BCUT2D eigenvalue weighted by Gasteiger charge is 2.36. The standard InChI is InChI=1S/C26H21F3N6O2/c1-16-4-3-5-17(10-16)14-34-15-19(12-30-34)32-25(36)21-13-31-35-23(26(27,28)29)11-22(33-24(21)35)18-6-8-20(37-2)9-7-18/h3-13,15H,14H2,1-2H3,(H,32,36). The average Bonchev–Trinajstić information content (AvgIpc) is 3.49. The van der Waals surface area contributed by atoms with Crippen LogP contribution in [0.15, 0.2) is 73.2 Å². The molecule has 5 rings (SSSR count). The Morgan fingerprint density at radius 2 is 1.84 bits per heavy atom. The third-order valence-electron chi connectivity index (χ3n) is 5.71. The van der Waals surface area contributed by atoms with Gasteiger partial charge in [0, 0.05) is 11.8 Å². The van der Waals surface area contributed by atoms with E-state index in [2.05, 4.69) is 20.5 Å². The molecule has 1 amide bonds. The van der Waals surface area contributed by atoms with Gasteiger partial charge in [-0.05, 0) is 42.8 Å². The highest BCUT2D eigenvalue weighted by Crippen LogP contribution is 2.33. The summed E-state index contributed by atoms with van der Waals surface area (Å²) in [5.41, 5.74) is 1.65. The monoisotopic (exact) mass is 506 g/mol. The van der Waals surface area contributed by atoms with E-state index in [0.29, 0.717) is 28.1 Å². The molecule has 0 fully saturated rings. The Morgan fingerprint density at radius 1 is 1.05 bits per heavy atom. The SMILES string of the molecule is COc1ccc(-c2cc(C(F)(F)F)n3ncc(C(=O)Nc4cnn(Cc5cccc(C)c5)c4)c3n2)cc1. The summed E-state index contributed by atoms with van der Waals surface area (Å²) in [5.74, 6) is -0.106. The van der Waals surface area contributed by atoms with E-state index in [1.165, 1.54) is 13.3 Å². The zero-order valence-electron chi connectivity index (χ0n) is 19.8. The van der Waals surface area contributed by atoms with Gasteiger partial charge in [0.15, 0.2) is 11.3 Å². The number of methoxy groups -OCH3 is 1. The fraction of sp³-hybridized carbons (Fsp3) is 0.154. The average molecular weight is 506 g/mol. The van der Waals surface area contributed by atoms with Gasteiger partial charge in [-0.3, -0.25) is 9.48 Å². The summed E-state index contributed by atoms with van der Waals surface area (Å²) in [7, 11) is 1.49. The quantitative estimate of drug-likeness (QED) is 0.341. The maximum Gasteiger partial charge on any atom is 0.433 e. The van der Waals surface area contributed by atoms with Crippen molar-refractivity contribution in [3.8, 4) is 17.0 Å². The molecular weight excluding hydrogens is 485 g/mol. The van der Waals surface area contributed by atoms with Crippen LogP contribution in [0.3, 0.4) is 0 Å². The van der Waals surface area contributed by atoms with E-state index < -0.39 is 17.8 Å². The van der Waals surface area contributed by atoms with Crippen molar-refractivity contribution in [2.24, 2.45) is 0 Å². The van der Waals surface area contributed by atoms with Gasteiger partial charge in [0.1, 0.15) is 11.3 Å². The minimum atomic E-state index is -4.72. The van der Waals surface area contributed by atoms with Crippen LogP contribution in [0.1, 0.15) is 27.2 Å². The van der Waals surface area contributed by atoms with Crippen molar-refractivity contribution in [3.63, 3.8) is 0 Å². The van der Waals surface area contributed by atoms with Gasteiger partial charge in [-0.1, -0.05) is 29.8 Å². The predicted molar refractivity (Wildman–Crippen MR) is 130 cm³/mol. The van der Waals surface area contributed by atoms with Crippen molar-refractivity contribution in [3.05, 3.63) is 95.6 Å². The minimum absolute atomic E-state index is 0.0444. The van der Waals surface area contributed by atoms with Gasteiger partial charge in [0.25, 0.3) is 5.91 Å². The summed E-state index contributed by atoms with van der Waals surface area (Å²) < 4.78 is 49.0. The van der Waals surface area contributed by atoms with E-state index in [1.807, 2.05) is 31.2 Å². The third kappa shape index (κ3) is 5.01. The summed E-state index contributed by atoms with van der Waals surface area (Å²) in [6, 6.07) is 15.3. The second-order valence-corrected chi connectivity index (χ2v) is 8.42. The fourth-order valence-corrected chi connectivity index (χ4v) is 3.95. The molecule has 8 nitrogen and oxygen atoms in total. The Balaban J connectivity index is 1.46. The van der Waals surface area contributed by atoms with Crippen LogP contribution in [0, 0.1) is 6.92 Å². The Bertz CT molecular complexity index is 1590. The number of aryl methyl sites for hydroxylation is 1. The first-order valence-electron chi connectivity index (χ1n) is 11.2. The summed E-state index contributed by atoms with van der Waals surface area (Å²) in [4.78, 5) is 17.4. The van der Waals surface area contributed by atoms with E-state index in [0.717, 1.165) is 23.4 Å². The molecule has 0 unspecified atom stereocenters. The molecule has 0 radical (unpaired) electrons. The first-order valence-corrected chi connectivity index (χ1v) is 11.2. The molecule has 1 N–H and O–H groups in total.